The molecule has 0 saturated heterocycles. The van der Waals surface area contributed by atoms with Crippen molar-refractivity contribution < 1.29 is 0 Å². The zero-order valence-corrected chi connectivity index (χ0v) is 10.2. The van der Waals surface area contributed by atoms with E-state index in [1.807, 2.05) is 42.5 Å². The molecule has 0 fully saturated rings. The van der Waals surface area contributed by atoms with Gasteiger partial charge in [0.2, 0.25) is 0 Å². The van der Waals surface area contributed by atoms with Gasteiger partial charge in [0, 0.05) is 17.3 Å². The van der Waals surface area contributed by atoms with Crippen LogP contribution in [0, 0.1) is 0 Å². The number of aromatic nitrogens is 1. The summed E-state index contributed by atoms with van der Waals surface area (Å²) in [5.41, 5.74) is 8.87. The first kappa shape index (κ1) is 11.3. The summed E-state index contributed by atoms with van der Waals surface area (Å²) in [6, 6.07) is 17.0. The number of nitrogen functional groups attached to an aromatic ring is 1. The Bertz CT molecular complexity index is 732. The minimum atomic E-state index is 0.718. The van der Waals surface area contributed by atoms with E-state index < -0.39 is 0 Å². The number of nitrogens with two attached hydrogens (primary N) is 1. The number of rotatable bonds is 2. The van der Waals surface area contributed by atoms with Crippen molar-refractivity contribution in [1.82, 2.24) is 4.98 Å². The fourth-order valence-electron chi connectivity index (χ4n) is 1.78. The van der Waals surface area contributed by atoms with Crippen LogP contribution in [0.25, 0.3) is 10.9 Å². The molecule has 0 radical (unpaired) electrons. The van der Waals surface area contributed by atoms with E-state index in [2.05, 4.69) is 15.2 Å². The molecule has 0 amide bonds. The van der Waals surface area contributed by atoms with Gasteiger partial charge in [0.05, 0.1) is 16.9 Å². The Balaban J connectivity index is 1.90. The summed E-state index contributed by atoms with van der Waals surface area (Å²) in [5.74, 6) is 0. The number of hydrogen-bond acceptors (Lipinski definition) is 4. The Hall–Kier alpha value is -2.75. The van der Waals surface area contributed by atoms with Crippen LogP contribution in [0.2, 0.25) is 0 Å². The van der Waals surface area contributed by atoms with Crippen molar-refractivity contribution in [3.05, 3.63) is 60.8 Å². The molecule has 3 rings (SSSR count). The number of nitrogens with zero attached hydrogens (tertiary/aromatic N) is 3. The van der Waals surface area contributed by atoms with E-state index in [4.69, 9.17) is 5.73 Å². The second-order valence-corrected chi connectivity index (χ2v) is 4.17. The zero-order valence-electron chi connectivity index (χ0n) is 10.2. The van der Waals surface area contributed by atoms with Crippen LogP contribution in [0.1, 0.15) is 0 Å². The van der Waals surface area contributed by atoms with E-state index in [-0.39, 0.29) is 0 Å². The second kappa shape index (κ2) is 4.86. The summed E-state index contributed by atoms with van der Waals surface area (Å²) in [4.78, 5) is 4.26. The minimum Gasteiger partial charge on any atom is -0.399 e. The molecule has 0 bridgehead atoms. The summed E-state index contributed by atoms with van der Waals surface area (Å²) in [5, 5.41) is 9.44. The maximum atomic E-state index is 5.62. The normalized spacial score (nSPS) is 11.2. The molecule has 19 heavy (non-hydrogen) atoms. The summed E-state index contributed by atoms with van der Waals surface area (Å²) in [7, 11) is 0. The fraction of sp³-hybridized carbons (Fsp3) is 0. The smallest absolute Gasteiger partial charge is 0.0864 e. The Morgan fingerprint density at radius 1 is 0.842 bits per heavy atom. The lowest BCUT2D eigenvalue weighted by molar-refractivity contribution is 1.23. The highest BCUT2D eigenvalue weighted by atomic mass is 15.1. The van der Waals surface area contributed by atoms with Crippen LogP contribution in [-0.4, -0.2) is 4.98 Å². The fourth-order valence-corrected chi connectivity index (χ4v) is 1.78. The molecule has 2 N–H and O–H groups in total. The maximum Gasteiger partial charge on any atom is 0.0864 e. The largest absolute Gasteiger partial charge is 0.399 e. The molecule has 0 atom stereocenters. The predicted molar refractivity (Wildman–Crippen MR) is 76.8 cm³/mol. The first-order valence-corrected chi connectivity index (χ1v) is 5.93. The molecule has 4 nitrogen and oxygen atoms in total. The monoisotopic (exact) mass is 248 g/mol. The molecular formula is C15H12N4. The van der Waals surface area contributed by atoms with Gasteiger partial charge in [-0.3, -0.25) is 4.98 Å². The van der Waals surface area contributed by atoms with Crippen molar-refractivity contribution in [2.75, 3.05) is 5.73 Å². The van der Waals surface area contributed by atoms with Crippen LogP contribution < -0.4 is 5.73 Å². The van der Waals surface area contributed by atoms with E-state index in [1.54, 1.807) is 18.3 Å². The number of benzene rings is 2. The third-order valence-corrected chi connectivity index (χ3v) is 2.76. The van der Waals surface area contributed by atoms with Crippen molar-refractivity contribution in [3.63, 3.8) is 0 Å². The van der Waals surface area contributed by atoms with E-state index in [0.717, 1.165) is 28.0 Å². The average molecular weight is 248 g/mol. The highest BCUT2D eigenvalue weighted by Crippen LogP contribution is 2.22. The van der Waals surface area contributed by atoms with Gasteiger partial charge >= 0.3 is 0 Å². The molecule has 92 valence electrons. The quantitative estimate of drug-likeness (QED) is 0.544. The zero-order chi connectivity index (χ0) is 13.1. The number of pyridine rings is 1. The third kappa shape index (κ3) is 2.57. The number of azo groups is 1. The molecule has 1 heterocycles. The van der Waals surface area contributed by atoms with Crippen molar-refractivity contribution in [2.24, 2.45) is 10.2 Å². The van der Waals surface area contributed by atoms with Crippen LogP contribution in [-0.2, 0) is 0 Å². The highest BCUT2D eigenvalue weighted by molar-refractivity contribution is 5.81. The molecule has 0 unspecified atom stereocenters. The molecule has 0 aliphatic carbocycles. The maximum absolute atomic E-state index is 5.62. The predicted octanol–water partition coefficient (Wildman–Crippen LogP) is 4.23. The number of anilines is 1. The molecule has 4 heteroatoms. The lowest BCUT2D eigenvalue weighted by Gasteiger charge is -1.97. The van der Waals surface area contributed by atoms with Crippen LogP contribution in [0.4, 0.5) is 17.1 Å². The molecule has 0 aliphatic rings. The average Bonchev–Trinajstić information content (AvgIpc) is 2.46. The summed E-state index contributed by atoms with van der Waals surface area (Å²) in [6.07, 6.45) is 1.78. The van der Waals surface area contributed by atoms with Crippen LogP contribution >= 0.6 is 0 Å². The van der Waals surface area contributed by atoms with Crippen molar-refractivity contribution >= 4 is 28.0 Å². The van der Waals surface area contributed by atoms with Crippen molar-refractivity contribution in [1.29, 1.82) is 0 Å². The Labute approximate surface area is 110 Å². The lowest BCUT2D eigenvalue weighted by Crippen LogP contribution is -1.80. The Kier molecular flexibility index (Phi) is 2.90. The third-order valence-electron chi connectivity index (χ3n) is 2.76. The van der Waals surface area contributed by atoms with Crippen LogP contribution in [0.5, 0.6) is 0 Å². The van der Waals surface area contributed by atoms with E-state index >= 15 is 0 Å². The molecule has 0 saturated carbocycles. The van der Waals surface area contributed by atoms with Gasteiger partial charge in [-0.25, -0.2) is 0 Å². The number of hydrogen-bond donors (Lipinski definition) is 1. The molecule has 0 spiro atoms. The van der Waals surface area contributed by atoms with Crippen molar-refractivity contribution in [3.8, 4) is 0 Å². The standard InChI is InChI=1S/C15H12N4/c16-12-3-5-13(6-4-12)18-19-14-7-8-15-11(10-14)2-1-9-17-15/h1-10H,16H2. The summed E-state index contributed by atoms with van der Waals surface area (Å²) in [6.45, 7) is 0. The topological polar surface area (TPSA) is 63.6 Å². The van der Waals surface area contributed by atoms with Gasteiger partial charge in [-0.15, -0.1) is 0 Å². The van der Waals surface area contributed by atoms with Gasteiger partial charge in [0.1, 0.15) is 0 Å². The summed E-state index contributed by atoms with van der Waals surface area (Å²) < 4.78 is 0. The first-order valence-electron chi connectivity index (χ1n) is 5.93. The molecule has 2 aromatic carbocycles. The van der Waals surface area contributed by atoms with Crippen LogP contribution in [0.15, 0.2) is 71.0 Å². The van der Waals surface area contributed by atoms with Gasteiger partial charge in [-0.05, 0) is 48.5 Å². The SMILES string of the molecule is Nc1ccc(N=Nc2ccc3ncccc3c2)cc1. The van der Waals surface area contributed by atoms with Crippen molar-refractivity contribution in [2.45, 2.75) is 0 Å². The summed E-state index contributed by atoms with van der Waals surface area (Å²) >= 11 is 0. The number of fused-ring (bicyclic) bond motifs is 1. The van der Waals surface area contributed by atoms with E-state index in [9.17, 15) is 0 Å². The minimum absolute atomic E-state index is 0.718. The first-order chi connectivity index (χ1) is 9.31. The molecular weight excluding hydrogens is 236 g/mol. The van der Waals surface area contributed by atoms with Gasteiger partial charge in [0.15, 0.2) is 0 Å². The van der Waals surface area contributed by atoms with E-state index in [1.165, 1.54) is 0 Å². The second-order valence-electron chi connectivity index (χ2n) is 4.17. The van der Waals surface area contributed by atoms with Gasteiger partial charge in [0.25, 0.3) is 0 Å². The van der Waals surface area contributed by atoms with Gasteiger partial charge in [-0.2, -0.15) is 10.2 Å². The van der Waals surface area contributed by atoms with E-state index in [0.29, 0.717) is 0 Å². The Morgan fingerprint density at radius 3 is 2.42 bits per heavy atom. The highest BCUT2D eigenvalue weighted by Gasteiger charge is 1.95. The molecule has 3 aromatic rings. The Morgan fingerprint density at radius 2 is 1.58 bits per heavy atom. The van der Waals surface area contributed by atoms with Crippen LogP contribution in [0.3, 0.4) is 0 Å². The lowest BCUT2D eigenvalue weighted by atomic mass is 10.2. The van der Waals surface area contributed by atoms with Gasteiger partial charge < -0.3 is 5.73 Å². The molecule has 1 aromatic heterocycles. The molecule has 0 aliphatic heterocycles. The van der Waals surface area contributed by atoms with Gasteiger partial charge in [-0.1, -0.05) is 6.07 Å².